The number of urea groups is 1. The van der Waals surface area contributed by atoms with Gasteiger partial charge in [0.1, 0.15) is 11.9 Å². The molecule has 190 valence electrons. The fourth-order valence-electron chi connectivity index (χ4n) is 4.24. The minimum atomic E-state index is -4.23. The zero-order chi connectivity index (χ0) is 26.0. The molecule has 5 rings (SSSR count). The first kappa shape index (κ1) is 24.7. The molecule has 0 bridgehead atoms. The highest BCUT2D eigenvalue weighted by atomic mass is 32.2. The van der Waals surface area contributed by atoms with E-state index in [1.807, 2.05) is 41.1 Å². The van der Waals surface area contributed by atoms with Crippen LogP contribution in [0.3, 0.4) is 0 Å². The van der Waals surface area contributed by atoms with Crippen molar-refractivity contribution in [2.45, 2.75) is 18.9 Å². The molecule has 1 aliphatic rings. The van der Waals surface area contributed by atoms with Crippen molar-refractivity contribution in [3.8, 4) is 0 Å². The molecule has 3 heterocycles. The molecule has 0 spiro atoms. The fraction of sp³-hybridized carbons (Fsp3) is 0.200. The normalized spacial score (nSPS) is 13.7. The zero-order valence-corrected chi connectivity index (χ0v) is 21.5. The second-order valence-electron chi connectivity index (χ2n) is 8.53. The molecule has 2 aromatic carbocycles. The molecular formula is C25H24N6O4S2. The summed E-state index contributed by atoms with van der Waals surface area (Å²) in [5, 5.41) is 2.57. The van der Waals surface area contributed by atoms with E-state index < -0.39 is 28.2 Å². The van der Waals surface area contributed by atoms with Crippen molar-refractivity contribution in [3.05, 3.63) is 83.5 Å². The fourth-order valence-corrected chi connectivity index (χ4v) is 6.02. The third-order valence-electron chi connectivity index (χ3n) is 6.12. The van der Waals surface area contributed by atoms with E-state index in [0.29, 0.717) is 12.1 Å². The summed E-state index contributed by atoms with van der Waals surface area (Å²) in [7, 11) is -2.62. The van der Waals surface area contributed by atoms with Crippen LogP contribution in [0.25, 0.3) is 10.2 Å². The van der Waals surface area contributed by atoms with Crippen LogP contribution in [0, 0.1) is 0 Å². The SMILES string of the molecule is CN(C(=O)[C@H](Cc1ccccc1)NC(=O)NS(=O)(=O)N1CCc2cccnc21)c1ccc2scnc2c1. The number of hydrogen-bond donors (Lipinski definition) is 2. The van der Waals surface area contributed by atoms with Crippen molar-refractivity contribution in [1.29, 1.82) is 0 Å². The average molecular weight is 537 g/mol. The highest BCUT2D eigenvalue weighted by molar-refractivity contribution is 7.91. The molecule has 2 N–H and O–H groups in total. The van der Waals surface area contributed by atoms with Gasteiger partial charge in [0.05, 0.1) is 15.7 Å². The van der Waals surface area contributed by atoms with E-state index in [1.54, 1.807) is 36.8 Å². The van der Waals surface area contributed by atoms with Crippen LogP contribution in [0.2, 0.25) is 0 Å². The molecule has 4 aromatic rings. The summed E-state index contributed by atoms with van der Waals surface area (Å²) in [4.78, 5) is 36.3. The molecular weight excluding hydrogens is 512 g/mol. The number of anilines is 2. The van der Waals surface area contributed by atoms with Crippen molar-refractivity contribution in [2.24, 2.45) is 0 Å². The van der Waals surface area contributed by atoms with Gasteiger partial charge in [0.25, 0.3) is 0 Å². The first-order chi connectivity index (χ1) is 17.8. The van der Waals surface area contributed by atoms with Gasteiger partial charge in [0.2, 0.25) is 5.91 Å². The number of likely N-dealkylation sites (N-methyl/N-ethyl adjacent to an activating group) is 1. The van der Waals surface area contributed by atoms with Gasteiger partial charge in [-0.2, -0.15) is 8.42 Å². The van der Waals surface area contributed by atoms with Crippen molar-refractivity contribution < 1.29 is 18.0 Å². The maximum atomic E-state index is 13.5. The Labute approximate surface area is 218 Å². The van der Waals surface area contributed by atoms with E-state index in [1.165, 1.54) is 22.4 Å². The molecule has 1 aliphatic heterocycles. The minimum absolute atomic E-state index is 0.170. The molecule has 3 amide bonds. The number of rotatable bonds is 7. The van der Waals surface area contributed by atoms with Crippen molar-refractivity contribution in [2.75, 3.05) is 22.8 Å². The minimum Gasteiger partial charge on any atom is -0.325 e. The van der Waals surface area contributed by atoms with Crippen LogP contribution < -0.4 is 19.2 Å². The van der Waals surface area contributed by atoms with Gasteiger partial charge in [-0.3, -0.25) is 4.79 Å². The predicted octanol–water partition coefficient (Wildman–Crippen LogP) is 2.87. The van der Waals surface area contributed by atoms with Crippen LogP contribution in [0.1, 0.15) is 11.1 Å². The van der Waals surface area contributed by atoms with Gasteiger partial charge in [0, 0.05) is 31.9 Å². The third-order valence-corrected chi connectivity index (χ3v) is 8.31. The Morgan fingerprint density at radius 3 is 2.73 bits per heavy atom. The Hall–Kier alpha value is -4.03. The number of carbonyl (C=O) groups excluding carboxylic acids is 2. The average Bonchev–Trinajstić information content (AvgIpc) is 3.55. The van der Waals surface area contributed by atoms with E-state index >= 15 is 0 Å². The molecule has 0 unspecified atom stereocenters. The Balaban J connectivity index is 1.35. The van der Waals surface area contributed by atoms with Crippen LogP contribution in [0.15, 0.2) is 72.4 Å². The number of fused-ring (bicyclic) bond motifs is 2. The van der Waals surface area contributed by atoms with Gasteiger partial charge < -0.3 is 10.2 Å². The topological polar surface area (TPSA) is 125 Å². The second kappa shape index (κ2) is 10.1. The van der Waals surface area contributed by atoms with Gasteiger partial charge >= 0.3 is 16.2 Å². The Bertz CT molecular complexity index is 1560. The van der Waals surface area contributed by atoms with Gasteiger partial charge in [0.15, 0.2) is 0 Å². The third kappa shape index (κ3) is 5.25. The number of carbonyl (C=O) groups is 2. The molecule has 10 nitrogen and oxygen atoms in total. The van der Waals surface area contributed by atoms with E-state index in [2.05, 4.69) is 15.3 Å². The molecule has 2 aromatic heterocycles. The number of pyridine rings is 1. The van der Waals surface area contributed by atoms with E-state index in [0.717, 1.165) is 25.6 Å². The lowest BCUT2D eigenvalue weighted by Crippen LogP contribution is -2.54. The summed E-state index contributed by atoms with van der Waals surface area (Å²) >= 11 is 1.50. The smallest absolute Gasteiger partial charge is 0.325 e. The lowest BCUT2D eigenvalue weighted by Gasteiger charge is -2.26. The number of amides is 3. The summed E-state index contributed by atoms with van der Waals surface area (Å²) in [6.45, 7) is 0.170. The summed E-state index contributed by atoms with van der Waals surface area (Å²) in [5.41, 5.74) is 4.69. The standard InChI is InChI=1S/C25H24N6O4S2/c1-30(19-9-10-22-20(15-19)27-16-36-22)24(32)21(14-17-6-3-2-4-7-17)28-25(33)29-37(34,35)31-13-11-18-8-5-12-26-23(18)31/h2-10,12,15-16,21H,11,13-14H2,1H3,(H2,28,29,33)/t21-/m0/s1. The monoisotopic (exact) mass is 536 g/mol. The van der Waals surface area contributed by atoms with Crippen LogP contribution in [-0.4, -0.2) is 50.0 Å². The maximum Gasteiger partial charge on any atom is 0.330 e. The highest BCUT2D eigenvalue weighted by Crippen LogP contribution is 2.27. The number of benzene rings is 2. The first-order valence-electron chi connectivity index (χ1n) is 11.5. The highest BCUT2D eigenvalue weighted by Gasteiger charge is 2.33. The van der Waals surface area contributed by atoms with Crippen molar-refractivity contribution >= 4 is 55.2 Å². The Kier molecular flexibility index (Phi) is 6.76. The maximum absolute atomic E-state index is 13.5. The molecule has 0 saturated carbocycles. The molecule has 12 heteroatoms. The van der Waals surface area contributed by atoms with Crippen molar-refractivity contribution in [3.63, 3.8) is 0 Å². The number of nitrogens with zero attached hydrogens (tertiary/aromatic N) is 4. The largest absolute Gasteiger partial charge is 0.330 e. The Morgan fingerprint density at radius 1 is 1.11 bits per heavy atom. The van der Waals surface area contributed by atoms with Crippen LogP contribution in [0.4, 0.5) is 16.3 Å². The molecule has 0 aliphatic carbocycles. The Morgan fingerprint density at radius 2 is 1.92 bits per heavy atom. The molecule has 1 atom stereocenters. The predicted molar refractivity (Wildman–Crippen MR) is 143 cm³/mol. The van der Waals surface area contributed by atoms with Crippen LogP contribution in [-0.2, 0) is 27.8 Å². The summed E-state index contributed by atoms with van der Waals surface area (Å²) in [6.07, 6.45) is 2.17. The van der Waals surface area contributed by atoms with E-state index in [-0.39, 0.29) is 18.8 Å². The molecule has 0 saturated heterocycles. The van der Waals surface area contributed by atoms with Gasteiger partial charge in [-0.05, 0) is 41.8 Å². The van der Waals surface area contributed by atoms with Gasteiger partial charge in [-0.15, -0.1) is 11.3 Å². The van der Waals surface area contributed by atoms with Crippen molar-refractivity contribution in [1.82, 2.24) is 20.0 Å². The molecule has 37 heavy (non-hydrogen) atoms. The summed E-state index contributed by atoms with van der Waals surface area (Å²) < 4.78 is 30.1. The molecule has 0 radical (unpaired) electrons. The van der Waals surface area contributed by atoms with Crippen LogP contribution in [0.5, 0.6) is 0 Å². The number of nitrogens with one attached hydrogen (secondary N) is 2. The number of thiazole rings is 1. The van der Waals surface area contributed by atoms with E-state index in [9.17, 15) is 18.0 Å². The summed E-state index contributed by atoms with van der Waals surface area (Å²) in [6, 6.07) is 16.2. The lowest BCUT2D eigenvalue weighted by molar-refractivity contribution is -0.120. The van der Waals surface area contributed by atoms with E-state index in [4.69, 9.17) is 0 Å². The van der Waals surface area contributed by atoms with Gasteiger partial charge in [-0.1, -0.05) is 36.4 Å². The number of aromatic nitrogens is 2. The quantitative estimate of drug-likeness (QED) is 0.374. The zero-order valence-electron chi connectivity index (χ0n) is 19.9. The lowest BCUT2D eigenvalue weighted by atomic mass is 10.0. The summed E-state index contributed by atoms with van der Waals surface area (Å²) in [5.74, 6) is -0.115. The van der Waals surface area contributed by atoms with Crippen LogP contribution >= 0.6 is 11.3 Å². The number of hydrogen-bond acceptors (Lipinski definition) is 7. The first-order valence-corrected chi connectivity index (χ1v) is 13.8. The van der Waals surface area contributed by atoms with Gasteiger partial charge in [-0.25, -0.2) is 23.8 Å². The molecule has 0 fully saturated rings. The second-order valence-corrected chi connectivity index (χ2v) is 11.0.